The summed E-state index contributed by atoms with van der Waals surface area (Å²) in [6, 6.07) is 10.4. The molecule has 5 nitrogen and oxygen atoms in total. The quantitative estimate of drug-likeness (QED) is 0.536. The number of anilines is 1. The highest BCUT2D eigenvalue weighted by Gasteiger charge is 2.49. The zero-order valence-electron chi connectivity index (χ0n) is 20.0. The van der Waals surface area contributed by atoms with Crippen LogP contribution in [0, 0.1) is 13.8 Å². The van der Waals surface area contributed by atoms with Crippen LogP contribution in [0.4, 0.5) is 5.69 Å². The second-order valence-corrected chi connectivity index (χ2v) is 11.1. The molecule has 1 fully saturated rings. The van der Waals surface area contributed by atoms with Gasteiger partial charge in [-0.3, -0.25) is 14.5 Å². The molecule has 0 spiro atoms. The summed E-state index contributed by atoms with van der Waals surface area (Å²) in [7, 11) is 0. The van der Waals surface area contributed by atoms with E-state index in [1.165, 1.54) is 16.9 Å². The summed E-state index contributed by atoms with van der Waals surface area (Å²) in [5, 5.41) is 3.32. The number of hydrogen-bond acceptors (Lipinski definition) is 3. The number of rotatable bonds is 4. The topological polar surface area (TPSA) is 54.3 Å². The van der Waals surface area contributed by atoms with Gasteiger partial charge in [-0.25, -0.2) is 0 Å². The molecule has 33 heavy (non-hydrogen) atoms. The van der Waals surface area contributed by atoms with E-state index in [2.05, 4.69) is 36.7 Å². The van der Waals surface area contributed by atoms with E-state index in [9.17, 15) is 9.59 Å². The van der Waals surface area contributed by atoms with Gasteiger partial charge in [-0.1, -0.05) is 32.3 Å². The summed E-state index contributed by atoms with van der Waals surface area (Å²) >= 11 is 1.74. The van der Waals surface area contributed by atoms with Crippen LogP contribution in [0.1, 0.15) is 72.4 Å². The maximum Gasteiger partial charge on any atom is 0.275 e. The van der Waals surface area contributed by atoms with Crippen LogP contribution < -0.4 is 10.2 Å². The molecular formula is C27H33N3O2S. The van der Waals surface area contributed by atoms with Crippen molar-refractivity contribution in [1.82, 2.24) is 9.88 Å². The highest BCUT2D eigenvalue weighted by molar-refractivity contribution is 7.19. The Hall–Kier alpha value is -2.60. The first-order valence-corrected chi connectivity index (χ1v) is 13.0. The third kappa shape index (κ3) is 3.68. The molecule has 1 aliphatic carbocycles. The van der Waals surface area contributed by atoms with Crippen molar-refractivity contribution in [3.63, 3.8) is 0 Å². The summed E-state index contributed by atoms with van der Waals surface area (Å²) < 4.78 is 3.19. The Kier molecular flexibility index (Phi) is 5.60. The first-order chi connectivity index (χ1) is 15.8. The number of benzene rings is 1. The van der Waals surface area contributed by atoms with Crippen LogP contribution in [0.15, 0.2) is 30.3 Å². The SMILES string of the molecule is CCc1cc2c(cc3n2CC(C)(C(=O)NC2CCCCC2)N(c2ccc(C)c(C)c2)C3=O)s1. The fourth-order valence-electron chi connectivity index (χ4n) is 5.36. The lowest BCUT2D eigenvalue weighted by molar-refractivity contribution is -0.127. The molecule has 1 atom stereocenters. The van der Waals surface area contributed by atoms with Crippen molar-refractivity contribution in [1.29, 1.82) is 0 Å². The van der Waals surface area contributed by atoms with Crippen LogP contribution in [0.5, 0.6) is 0 Å². The molecular weight excluding hydrogens is 430 g/mol. The molecule has 3 aromatic rings. The fraction of sp³-hybridized carbons (Fsp3) is 0.481. The van der Waals surface area contributed by atoms with Gasteiger partial charge in [-0.05, 0) is 75.4 Å². The van der Waals surface area contributed by atoms with Gasteiger partial charge in [0.2, 0.25) is 5.91 Å². The van der Waals surface area contributed by atoms with Crippen LogP contribution in [0.25, 0.3) is 10.2 Å². The van der Waals surface area contributed by atoms with Gasteiger partial charge in [0.25, 0.3) is 5.91 Å². The molecule has 3 heterocycles. The highest BCUT2D eigenvalue weighted by atomic mass is 32.1. The Balaban J connectivity index is 1.61. The summed E-state index contributed by atoms with van der Waals surface area (Å²) in [4.78, 5) is 30.9. The van der Waals surface area contributed by atoms with Gasteiger partial charge in [0.05, 0.1) is 16.8 Å². The zero-order chi connectivity index (χ0) is 23.3. The van der Waals surface area contributed by atoms with Crippen LogP contribution in [-0.2, 0) is 17.8 Å². The fourth-order valence-corrected chi connectivity index (χ4v) is 6.40. The molecule has 1 aliphatic heterocycles. The van der Waals surface area contributed by atoms with E-state index in [-0.39, 0.29) is 17.9 Å². The van der Waals surface area contributed by atoms with Gasteiger partial charge in [-0.2, -0.15) is 0 Å². The Morgan fingerprint density at radius 3 is 2.58 bits per heavy atom. The van der Waals surface area contributed by atoms with Crippen LogP contribution in [0.3, 0.4) is 0 Å². The average Bonchev–Trinajstić information content (AvgIpc) is 3.35. The predicted octanol–water partition coefficient (Wildman–Crippen LogP) is 5.75. The van der Waals surface area contributed by atoms with E-state index >= 15 is 0 Å². The smallest absolute Gasteiger partial charge is 0.275 e. The van der Waals surface area contributed by atoms with Gasteiger partial charge in [0.15, 0.2) is 0 Å². The maximum atomic E-state index is 14.0. The van der Waals surface area contributed by atoms with E-state index in [0.29, 0.717) is 12.2 Å². The Morgan fingerprint density at radius 1 is 1.12 bits per heavy atom. The number of nitrogens with one attached hydrogen (secondary N) is 1. The second-order valence-electron chi connectivity index (χ2n) is 9.92. The molecule has 5 rings (SSSR count). The molecule has 1 N–H and O–H groups in total. The molecule has 0 bridgehead atoms. The number of carbonyl (C=O) groups is 2. The van der Waals surface area contributed by atoms with Gasteiger partial charge in [0.1, 0.15) is 11.2 Å². The van der Waals surface area contributed by atoms with Crippen molar-refractivity contribution in [2.45, 2.75) is 84.3 Å². The van der Waals surface area contributed by atoms with E-state index in [1.54, 1.807) is 16.2 Å². The van der Waals surface area contributed by atoms with Crippen molar-refractivity contribution in [2.75, 3.05) is 4.90 Å². The summed E-state index contributed by atoms with van der Waals surface area (Å²) in [5.41, 5.74) is 3.80. The lowest BCUT2D eigenvalue weighted by Crippen LogP contribution is -2.65. The second kappa shape index (κ2) is 8.32. The molecule has 0 radical (unpaired) electrons. The monoisotopic (exact) mass is 463 g/mol. The molecule has 6 heteroatoms. The van der Waals surface area contributed by atoms with Crippen molar-refractivity contribution in [3.8, 4) is 0 Å². The third-order valence-electron chi connectivity index (χ3n) is 7.55. The van der Waals surface area contributed by atoms with Gasteiger partial charge in [-0.15, -0.1) is 11.3 Å². The van der Waals surface area contributed by atoms with Gasteiger partial charge >= 0.3 is 0 Å². The third-order valence-corrected chi connectivity index (χ3v) is 8.76. The molecule has 1 unspecified atom stereocenters. The largest absolute Gasteiger partial charge is 0.351 e. The lowest BCUT2D eigenvalue weighted by Gasteiger charge is -2.45. The van der Waals surface area contributed by atoms with Crippen molar-refractivity contribution < 1.29 is 9.59 Å². The van der Waals surface area contributed by atoms with E-state index in [4.69, 9.17) is 0 Å². The predicted molar refractivity (Wildman–Crippen MR) is 135 cm³/mol. The molecule has 1 saturated carbocycles. The molecule has 2 aliphatic rings. The van der Waals surface area contributed by atoms with E-state index < -0.39 is 5.54 Å². The summed E-state index contributed by atoms with van der Waals surface area (Å²) in [6.45, 7) is 8.65. The number of amides is 2. The average molecular weight is 464 g/mol. The van der Waals surface area contributed by atoms with Crippen molar-refractivity contribution >= 4 is 39.1 Å². The zero-order valence-corrected chi connectivity index (χ0v) is 20.8. The first-order valence-electron chi connectivity index (χ1n) is 12.2. The molecule has 1 aromatic carbocycles. The minimum Gasteiger partial charge on any atom is -0.351 e. The lowest BCUT2D eigenvalue weighted by atomic mass is 9.90. The number of aromatic nitrogens is 1. The number of thiophene rings is 1. The summed E-state index contributed by atoms with van der Waals surface area (Å²) in [5.74, 6) is -0.160. The molecule has 0 saturated heterocycles. The minimum absolute atomic E-state index is 0.0561. The van der Waals surface area contributed by atoms with Crippen LogP contribution in [0.2, 0.25) is 0 Å². The number of carbonyl (C=O) groups excluding carboxylic acids is 2. The first kappa shape index (κ1) is 22.2. The van der Waals surface area contributed by atoms with Crippen LogP contribution >= 0.6 is 11.3 Å². The summed E-state index contributed by atoms with van der Waals surface area (Å²) in [6.07, 6.45) is 6.54. The van der Waals surface area contributed by atoms with Gasteiger partial charge < -0.3 is 9.88 Å². The minimum atomic E-state index is -1.01. The van der Waals surface area contributed by atoms with E-state index in [0.717, 1.165) is 53.6 Å². The van der Waals surface area contributed by atoms with Crippen molar-refractivity contribution in [3.05, 3.63) is 52.0 Å². The Bertz CT molecular complexity index is 1230. The van der Waals surface area contributed by atoms with E-state index in [1.807, 2.05) is 31.2 Å². The molecule has 2 aromatic heterocycles. The Labute approximate surface area is 199 Å². The van der Waals surface area contributed by atoms with Crippen molar-refractivity contribution in [2.24, 2.45) is 0 Å². The molecule has 2 amide bonds. The molecule has 174 valence electrons. The van der Waals surface area contributed by atoms with Crippen LogP contribution in [-0.4, -0.2) is 28.0 Å². The number of fused-ring (bicyclic) bond motifs is 3. The maximum absolute atomic E-state index is 14.0. The number of aryl methyl sites for hydroxylation is 3. The number of hydrogen-bond donors (Lipinski definition) is 1. The number of nitrogens with zero attached hydrogens (tertiary/aromatic N) is 2. The normalized spacial score (nSPS) is 21.5. The standard InChI is InChI=1S/C27H33N3O2S/c1-5-21-14-22-24(33-21)15-23-25(31)30(20-12-11-17(2)18(3)13-20)27(4,16-29(22)23)26(32)28-19-9-7-6-8-10-19/h11-15,19H,5-10,16H2,1-4H3,(H,28,32). The Morgan fingerprint density at radius 2 is 1.88 bits per heavy atom. The highest BCUT2D eigenvalue weighted by Crippen LogP contribution is 2.39. The van der Waals surface area contributed by atoms with Gasteiger partial charge in [0, 0.05) is 16.6 Å².